The summed E-state index contributed by atoms with van der Waals surface area (Å²) in [5, 5.41) is 12.4. The maximum atomic E-state index is 11.1. The fraction of sp³-hybridized carbons (Fsp3) is 0.759. The number of carboxylic acids is 1. The molecule has 3 heterocycles. The van der Waals surface area contributed by atoms with Gasteiger partial charge in [-0.2, -0.15) is 0 Å². The van der Waals surface area contributed by atoms with Gasteiger partial charge in [-0.1, -0.05) is 0 Å². The molecule has 10 N–H and O–H groups in total. The predicted molar refractivity (Wildman–Crippen MR) is 175 cm³/mol. The minimum absolute atomic E-state index is 0.178. The fourth-order valence-corrected chi connectivity index (χ4v) is 5.68. The first-order valence-corrected chi connectivity index (χ1v) is 17.9. The number of fused-ring (bicyclic) bond motifs is 1. The summed E-state index contributed by atoms with van der Waals surface area (Å²) >= 11 is 0. The number of ether oxygens (including phenoxy) is 5. The molecule has 5 atom stereocenters. The zero-order chi connectivity index (χ0) is 34.1. The molecular weight excluding hydrogens is 636 g/mol. The number of nitrogens with zero attached hydrogens (tertiary/aromatic N) is 2. The van der Waals surface area contributed by atoms with Gasteiger partial charge in [0.15, 0.2) is 5.82 Å². The van der Waals surface area contributed by atoms with Gasteiger partial charge < -0.3 is 56.3 Å². The molecule has 3 rings (SSSR count). The number of hydrogen-bond acceptors (Lipinski definition) is 14. The lowest BCUT2D eigenvalue weighted by Gasteiger charge is -2.19. The second-order valence-corrected chi connectivity index (χ2v) is 13.4. The third-order valence-corrected chi connectivity index (χ3v) is 8.29. The predicted octanol–water partition coefficient (Wildman–Crippen LogP) is -0.366. The molecule has 0 amide bonds. The Bertz CT molecular complexity index is 1300. The lowest BCUT2D eigenvalue weighted by atomic mass is 9.99. The second-order valence-electron chi connectivity index (χ2n) is 11.5. The Hall–Kier alpha value is -2.52. The normalized spacial score (nSPS) is 19.8. The van der Waals surface area contributed by atoms with Crippen LogP contribution in [-0.4, -0.2) is 131 Å². The number of carboxylic acid groups (broad SMARTS) is 1. The molecule has 17 nitrogen and oxygen atoms in total. The Morgan fingerprint density at radius 2 is 1.72 bits per heavy atom. The summed E-state index contributed by atoms with van der Waals surface area (Å²) in [7, 11) is -3.16. The number of nitrogen functional groups attached to an aromatic ring is 1. The number of carbonyl (C=O) groups is 1. The number of rotatable bonds is 26. The van der Waals surface area contributed by atoms with Crippen molar-refractivity contribution in [2.45, 2.75) is 68.9 Å². The molecule has 2 aromatic rings. The van der Waals surface area contributed by atoms with E-state index in [0.29, 0.717) is 108 Å². The molecule has 0 saturated carbocycles. The van der Waals surface area contributed by atoms with E-state index in [4.69, 9.17) is 46.0 Å². The molecule has 0 aromatic carbocycles. The number of H-pyrrole nitrogens is 1. The highest BCUT2D eigenvalue weighted by atomic mass is 32.2. The number of anilines is 1. The Morgan fingerprint density at radius 3 is 2.40 bits per heavy atom. The van der Waals surface area contributed by atoms with Crippen molar-refractivity contribution in [3.05, 3.63) is 18.1 Å². The van der Waals surface area contributed by atoms with Gasteiger partial charge in [0.05, 0.1) is 57.0 Å². The van der Waals surface area contributed by atoms with E-state index in [1.807, 2.05) is 6.20 Å². The van der Waals surface area contributed by atoms with Gasteiger partial charge in [-0.3, -0.25) is 4.79 Å². The van der Waals surface area contributed by atoms with Gasteiger partial charge in [0.2, 0.25) is 10.0 Å². The lowest BCUT2D eigenvalue weighted by molar-refractivity contribution is -0.138. The highest BCUT2D eigenvalue weighted by Crippen LogP contribution is 2.39. The topological polar surface area (TPSA) is 261 Å². The summed E-state index contributed by atoms with van der Waals surface area (Å²) in [6.45, 7) is 5.18. The summed E-state index contributed by atoms with van der Waals surface area (Å²) in [5.74, 6) is -0.684. The van der Waals surface area contributed by atoms with Crippen LogP contribution in [0.3, 0.4) is 0 Å². The molecule has 1 fully saturated rings. The fourth-order valence-electron chi connectivity index (χ4n) is 5.16. The molecular formula is C29H52N8O9S. The van der Waals surface area contributed by atoms with E-state index in [1.165, 1.54) is 6.33 Å². The maximum Gasteiger partial charge on any atom is 0.320 e. The SMILES string of the molecule is CS(=O)(=O)NCCCOCCOCCOCCCNCCO[C@@H]1C[C@@H](C[C@@H](N)CC[C@H](N)C(=O)O)O[C@H]1c1c[nH]c2c(N)ncnc12. The van der Waals surface area contributed by atoms with E-state index >= 15 is 0 Å². The van der Waals surface area contributed by atoms with Crippen LogP contribution in [0.15, 0.2) is 12.5 Å². The van der Waals surface area contributed by atoms with Crippen molar-refractivity contribution in [3.63, 3.8) is 0 Å². The van der Waals surface area contributed by atoms with Crippen LogP contribution in [0.25, 0.3) is 11.0 Å². The van der Waals surface area contributed by atoms with Crippen molar-refractivity contribution in [3.8, 4) is 0 Å². The van der Waals surface area contributed by atoms with Crippen molar-refractivity contribution in [1.29, 1.82) is 0 Å². The van der Waals surface area contributed by atoms with E-state index in [2.05, 4.69) is 25.0 Å². The zero-order valence-corrected chi connectivity index (χ0v) is 27.9. The van der Waals surface area contributed by atoms with Crippen molar-refractivity contribution >= 4 is 32.8 Å². The Morgan fingerprint density at radius 1 is 1.04 bits per heavy atom. The van der Waals surface area contributed by atoms with Gasteiger partial charge in [-0.15, -0.1) is 0 Å². The van der Waals surface area contributed by atoms with Gasteiger partial charge in [-0.25, -0.2) is 23.1 Å². The quantitative estimate of drug-likeness (QED) is 0.0622. The average molecular weight is 689 g/mol. The van der Waals surface area contributed by atoms with Crippen LogP contribution in [0.1, 0.15) is 50.2 Å². The highest BCUT2D eigenvalue weighted by molar-refractivity contribution is 7.88. The Balaban J connectivity index is 1.29. The molecule has 1 aliphatic heterocycles. The van der Waals surface area contributed by atoms with Crippen molar-refractivity contribution in [2.75, 3.05) is 77.9 Å². The molecule has 0 radical (unpaired) electrons. The number of aliphatic carboxylic acids is 1. The first kappa shape index (κ1) is 38.9. The van der Waals surface area contributed by atoms with Gasteiger partial charge in [0.1, 0.15) is 24.0 Å². The number of nitrogens with two attached hydrogens (primary N) is 3. The number of sulfonamides is 1. The minimum atomic E-state index is -3.16. The van der Waals surface area contributed by atoms with Crippen molar-refractivity contribution in [1.82, 2.24) is 25.0 Å². The first-order chi connectivity index (χ1) is 22.5. The Kier molecular flexibility index (Phi) is 17.2. The lowest BCUT2D eigenvalue weighted by Crippen LogP contribution is -2.33. The second kappa shape index (κ2) is 20.8. The number of aromatic nitrogens is 3. The summed E-state index contributed by atoms with van der Waals surface area (Å²) in [4.78, 5) is 22.7. The molecule has 0 unspecified atom stereocenters. The molecule has 2 aromatic heterocycles. The van der Waals surface area contributed by atoms with Gasteiger partial charge in [-0.05, 0) is 38.6 Å². The number of nitrogens with one attached hydrogen (secondary N) is 3. The summed E-state index contributed by atoms with van der Waals surface area (Å²) < 4.78 is 53.6. The first-order valence-electron chi connectivity index (χ1n) is 16.0. The van der Waals surface area contributed by atoms with E-state index < -0.39 is 22.0 Å². The van der Waals surface area contributed by atoms with Crippen LogP contribution in [-0.2, 0) is 38.5 Å². The highest BCUT2D eigenvalue weighted by Gasteiger charge is 2.39. The van der Waals surface area contributed by atoms with Crippen molar-refractivity contribution in [2.24, 2.45) is 11.5 Å². The summed E-state index contributed by atoms with van der Waals surface area (Å²) in [6, 6.07) is -1.20. The number of aromatic amines is 1. The van der Waals surface area contributed by atoms with E-state index in [1.54, 1.807) is 0 Å². The molecule has 47 heavy (non-hydrogen) atoms. The zero-order valence-electron chi connectivity index (χ0n) is 27.1. The molecule has 0 bridgehead atoms. The largest absolute Gasteiger partial charge is 0.480 e. The van der Waals surface area contributed by atoms with Crippen LogP contribution < -0.4 is 27.2 Å². The van der Waals surface area contributed by atoms with E-state index in [-0.39, 0.29) is 24.4 Å². The van der Waals surface area contributed by atoms with Gasteiger partial charge >= 0.3 is 5.97 Å². The Labute approximate surface area is 276 Å². The molecule has 0 aliphatic carbocycles. The van der Waals surface area contributed by atoms with Crippen LogP contribution in [0, 0.1) is 0 Å². The third kappa shape index (κ3) is 14.6. The van der Waals surface area contributed by atoms with Crippen LogP contribution in [0.2, 0.25) is 0 Å². The third-order valence-electron chi connectivity index (χ3n) is 7.56. The average Bonchev–Trinajstić information content (AvgIpc) is 3.63. The molecule has 1 saturated heterocycles. The van der Waals surface area contributed by atoms with Crippen LogP contribution >= 0.6 is 0 Å². The molecule has 18 heteroatoms. The molecule has 268 valence electrons. The summed E-state index contributed by atoms with van der Waals surface area (Å²) in [5.41, 5.74) is 20.1. The minimum Gasteiger partial charge on any atom is -0.480 e. The van der Waals surface area contributed by atoms with E-state index in [0.717, 1.165) is 24.8 Å². The molecule has 0 spiro atoms. The smallest absolute Gasteiger partial charge is 0.320 e. The summed E-state index contributed by atoms with van der Waals surface area (Å²) in [6.07, 6.45) is 6.96. The van der Waals surface area contributed by atoms with Crippen LogP contribution in [0.4, 0.5) is 5.82 Å². The van der Waals surface area contributed by atoms with Crippen LogP contribution in [0.5, 0.6) is 0 Å². The maximum absolute atomic E-state index is 11.1. The van der Waals surface area contributed by atoms with E-state index in [9.17, 15) is 13.2 Å². The standard InChI is InChI=1S/C29H52N8O9S/c1-47(40,41)37-7-3-10-43-13-15-44-14-12-42-9-2-6-33-8-11-45-24-17-21(16-20(30)4-5-23(31)29(38)39)46-27(24)22-18-34-26-25(22)35-19-36-28(26)32/h18-21,23-24,27,33-34,37H,2-17,30-31H2,1H3,(H,38,39)(H2,32,35,36)/t20-,21+,23-,24+,27-/m0/s1. The van der Waals surface area contributed by atoms with Gasteiger partial charge in [0, 0.05) is 50.5 Å². The van der Waals surface area contributed by atoms with Gasteiger partial charge in [0.25, 0.3) is 0 Å². The molecule has 1 aliphatic rings. The number of hydrogen-bond donors (Lipinski definition) is 7. The van der Waals surface area contributed by atoms with Crippen molar-refractivity contribution < 1.29 is 42.0 Å². The monoisotopic (exact) mass is 688 g/mol.